The lowest BCUT2D eigenvalue weighted by Gasteiger charge is -2.07. The van der Waals surface area contributed by atoms with E-state index in [2.05, 4.69) is 25.0 Å². The van der Waals surface area contributed by atoms with Crippen LogP contribution in [0.5, 0.6) is 11.5 Å². The normalized spacial score (nSPS) is 10.8. The van der Waals surface area contributed by atoms with Crippen molar-refractivity contribution in [2.75, 3.05) is 14.2 Å². The van der Waals surface area contributed by atoms with Gasteiger partial charge in [-0.15, -0.1) is 0 Å². The lowest BCUT2D eigenvalue weighted by Crippen LogP contribution is -1.95. The second-order valence-corrected chi connectivity index (χ2v) is 5.60. The zero-order valence-electron chi connectivity index (χ0n) is 14.3. The summed E-state index contributed by atoms with van der Waals surface area (Å²) in [6.45, 7) is 0. The Labute approximate surface area is 149 Å². The number of methoxy groups -OCH3 is 2. The minimum atomic E-state index is 0.542. The fourth-order valence-corrected chi connectivity index (χ4v) is 2.71. The summed E-state index contributed by atoms with van der Waals surface area (Å²) in [7, 11) is 3.25. The molecule has 0 radical (unpaired) electrons. The van der Waals surface area contributed by atoms with Crippen LogP contribution in [0.2, 0.25) is 0 Å². The van der Waals surface area contributed by atoms with E-state index < -0.39 is 0 Å². The highest BCUT2D eigenvalue weighted by Crippen LogP contribution is 2.24. The van der Waals surface area contributed by atoms with Crippen molar-refractivity contribution >= 4 is 5.65 Å². The lowest BCUT2D eigenvalue weighted by molar-refractivity contribution is 0.393. The molecular formula is C18H16N6O2. The summed E-state index contributed by atoms with van der Waals surface area (Å²) in [6.07, 6.45) is 8.88. The van der Waals surface area contributed by atoms with Gasteiger partial charge in [0.25, 0.3) is 0 Å². The summed E-state index contributed by atoms with van der Waals surface area (Å²) in [5.41, 5.74) is 3.14. The van der Waals surface area contributed by atoms with Gasteiger partial charge in [0.15, 0.2) is 11.5 Å². The van der Waals surface area contributed by atoms with Crippen LogP contribution in [-0.2, 0) is 6.42 Å². The van der Waals surface area contributed by atoms with Crippen LogP contribution in [0.3, 0.4) is 0 Å². The van der Waals surface area contributed by atoms with Gasteiger partial charge in [0.2, 0.25) is 0 Å². The average Bonchev–Trinajstić information content (AvgIpc) is 3.10. The van der Waals surface area contributed by atoms with Crippen molar-refractivity contribution in [3.8, 4) is 22.8 Å². The largest absolute Gasteiger partial charge is 0.497 e. The summed E-state index contributed by atoms with van der Waals surface area (Å²) in [6, 6.07) is 5.72. The minimum absolute atomic E-state index is 0.542. The first-order chi connectivity index (χ1) is 12.8. The van der Waals surface area contributed by atoms with Gasteiger partial charge in [0.05, 0.1) is 14.2 Å². The minimum Gasteiger partial charge on any atom is -0.497 e. The molecule has 0 saturated heterocycles. The molecule has 26 heavy (non-hydrogen) atoms. The van der Waals surface area contributed by atoms with Crippen molar-refractivity contribution in [1.82, 2.24) is 29.5 Å². The molecular weight excluding hydrogens is 332 g/mol. The van der Waals surface area contributed by atoms with Gasteiger partial charge >= 0.3 is 0 Å². The van der Waals surface area contributed by atoms with Crippen LogP contribution in [0.4, 0.5) is 0 Å². The molecule has 0 amide bonds. The lowest BCUT2D eigenvalue weighted by atomic mass is 10.1. The highest BCUT2D eigenvalue weighted by atomic mass is 16.5. The number of rotatable bonds is 5. The van der Waals surface area contributed by atoms with Gasteiger partial charge in [-0.05, 0) is 17.7 Å². The molecule has 0 N–H and O–H groups in total. The van der Waals surface area contributed by atoms with Crippen LogP contribution in [0, 0.1) is 0 Å². The van der Waals surface area contributed by atoms with Crippen LogP contribution in [0.15, 0.2) is 49.3 Å². The molecule has 4 aromatic rings. The van der Waals surface area contributed by atoms with E-state index >= 15 is 0 Å². The third-order valence-electron chi connectivity index (χ3n) is 3.91. The standard InChI is InChI=1S/C18H16N6O2/c1-25-14-5-12(6-15(8-14)26-2)7-16-22-18-17(13-9-19-11-20-10-13)21-3-4-24(18)23-16/h3-6,8-11H,7H2,1-2H3. The number of nitrogens with zero attached hydrogens (tertiary/aromatic N) is 6. The number of benzene rings is 1. The predicted octanol–water partition coefficient (Wildman–Crippen LogP) is 2.19. The summed E-state index contributed by atoms with van der Waals surface area (Å²) < 4.78 is 12.4. The van der Waals surface area contributed by atoms with Crippen molar-refractivity contribution in [3.05, 3.63) is 60.7 Å². The highest BCUT2D eigenvalue weighted by Gasteiger charge is 2.13. The zero-order valence-corrected chi connectivity index (χ0v) is 14.3. The first-order valence-corrected chi connectivity index (χ1v) is 7.94. The Morgan fingerprint density at radius 3 is 2.42 bits per heavy atom. The molecule has 0 spiro atoms. The maximum Gasteiger partial charge on any atom is 0.182 e. The summed E-state index contributed by atoms with van der Waals surface area (Å²) in [5.74, 6) is 2.13. The molecule has 0 saturated carbocycles. The molecule has 0 aliphatic rings. The summed E-state index contributed by atoms with van der Waals surface area (Å²) in [5, 5.41) is 4.55. The number of hydrogen-bond donors (Lipinski definition) is 0. The van der Waals surface area contributed by atoms with E-state index in [0.717, 1.165) is 22.6 Å². The first-order valence-electron chi connectivity index (χ1n) is 7.94. The van der Waals surface area contributed by atoms with E-state index in [0.29, 0.717) is 23.6 Å². The van der Waals surface area contributed by atoms with Crippen molar-refractivity contribution in [3.63, 3.8) is 0 Å². The Morgan fingerprint density at radius 1 is 1.00 bits per heavy atom. The van der Waals surface area contributed by atoms with Crippen LogP contribution in [0.25, 0.3) is 16.9 Å². The smallest absolute Gasteiger partial charge is 0.182 e. The molecule has 0 aliphatic carbocycles. The van der Waals surface area contributed by atoms with E-state index in [1.807, 2.05) is 18.2 Å². The monoisotopic (exact) mass is 348 g/mol. The van der Waals surface area contributed by atoms with Crippen LogP contribution in [-0.4, -0.2) is 43.8 Å². The second kappa shape index (κ2) is 6.75. The molecule has 130 valence electrons. The zero-order chi connectivity index (χ0) is 17.9. The molecule has 3 heterocycles. The Hall–Kier alpha value is -3.55. The Kier molecular flexibility index (Phi) is 4.14. The van der Waals surface area contributed by atoms with Gasteiger partial charge in [0, 0.05) is 42.8 Å². The molecule has 0 aliphatic heterocycles. The quantitative estimate of drug-likeness (QED) is 0.546. The molecule has 8 heteroatoms. The fraction of sp³-hybridized carbons (Fsp3) is 0.167. The molecule has 8 nitrogen and oxygen atoms in total. The van der Waals surface area contributed by atoms with Gasteiger partial charge in [-0.1, -0.05) is 0 Å². The van der Waals surface area contributed by atoms with Gasteiger partial charge in [0.1, 0.15) is 23.5 Å². The molecule has 0 atom stereocenters. The fourth-order valence-electron chi connectivity index (χ4n) is 2.71. The highest BCUT2D eigenvalue weighted by molar-refractivity contribution is 5.71. The van der Waals surface area contributed by atoms with Gasteiger partial charge in [-0.25, -0.2) is 19.5 Å². The molecule has 0 bridgehead atoms. The average molecular weight is 348 g/mol. The van der Waals surface area contributed by atoms with Crippen LogP contribution < -0.4 is 9.47 Å². The first kappa shape index (κ1) is 15.9. The Bertz CT molecular complexity index is 1030. The summed E-state index contributed by atoms with van der Waals surface area (Å²) in [4.78, 5) is 17.1. The maximum absolute atomic E-state index is 5.32. The van der Waals surface area contributed by atoms with E-state index in [1.54, 1.807) is 43.5 Å². The van der Waals surface area contributed by atoms with E-state index in [-0.39, 0.29) is 0 Å². The molecule has 0 fully saturated rings. The van der Waals surface area contributed by atoms with Crippen molar-refractivity contribution in [2.45, 2.75) is 6.42 Å². The SMILES string of the molecule is COc1cc(Cc2nc3c(-c4cncnc4)nccn3n2)cc(OC)c1. The predicted molar refractivity (Wildman–Crippen MR) is 94.2 cm³/mol. The second-order valence-electron chi connectivity index (χ2n) is 5.60. The maximum atomic E-state index is 5.32. The molecule has 4 rings (SSSR count). The third-order valence-corrected chi connectivity index (χ3v) is 3.91. The Balaban J connectivity index is 1.73. The van der Waals surface area contributed by atoms with Crippen LogP contribution >= 0.6 is 0 Å². The molecule has 1 aromatic carbocycles. The van der Waals surface area contributed by atoms with Crippen LogP contribution in [0.1, 0.15) is 11.4 Å². The molecule has 3 aromatic heterocycles. The Morgan fingerprint density at radius 2 is 1.73 bits per heavy atom. The van der Waals surface area contributed by atoms with Crippen molar-refractivity contribution < 1.29 is 9.47 Å². The van der Waals surface area contributed by atoms with Gasteiger partial charge in [-0.3, -0.25) is 4.98 Å². The number of ether oxygens (including phenoxy) is 2. The topological polar surface area (TPSA) is 87.3 Å². The van der Waals surface area contributed by atoms with Gasteiger partial charge < -0.3 is 9.47 Å². The number of aromatic nitrogens is 6. The van der Waals surface area contributed by atoms with Crippen molar-refractivity contribution in [1.29, 1.82) is 0 Å². The van der Waals surface area contributed by atoms with E-state index in [9.17, 15) is 0 Å². The van der Waals surface area contributed by atoms with E-state index in [4.69, 9.17) is 9.47 Å². The third kappa shape index (κ3) is 3.04. The number of fused-ring (bicyclic) bond motifs is 1. The number of hydrogen-bond acceptors (Lipinski definition) is 7. The van der Waals surface area contributed by atoms with Crippen molar-refractivity contribution in [2.24, 2.45) is 0 Å². The molecule has 0 unspecified atom stereocenters. The summed E-state index contributed by atoms with van der Waals surface area (Å²) >= 11 is 0. The van der Waals surface area contributed by atoms with E-state index in [1.165, 1.54) is 6.33 Å². The van der Waals surface area contributed by atoms with Gasteiger partial charge in [-0.2, -0.15) is 5.10 Å².